The molecule has 0 atom stereocenters. The fourth-order valence-electron chi connectivity index (χ4n) is 4.79. The average molecular weight is 498 g/mol. The fourth-order valence-corrected chi connectivity index (χ4v) is 5.39. The van der Waals surface area contributed by atoms with Crippen LogP contribution in [0.4, 0.5) is 18.3 Å². The largest absolute Gasteiger partial charge is 0.417 e. The van der Waals surface area contributed by atoms with Crippen LogP contribution in [-0.2, 0) is 28.7 Å². The topological polar surface area (TPSA) is 84.6 Å². The summed E-state index contributed by atoms with van der Waals surface area (Å²) in [5, 5.41) is 2.57. The second-order valence-corrected chi connectivity index (χ2v) is 10.1. The Hall–Kier alpha value is -2.24. The molecule has 1 saturated carbocycles. The van der Waals surface area contributed by atoms with Crippen LogP contribution in [0.1, 0.15) is 50.1 Å². The number of carbonyl (C=O) groups excluding carboxylic acids is 1. The number of hydrogen-bond donors (Lipinski definition) is 1. The van der Waals surface area contributed by atoms with Gasteiger partial charge in [0, 0.05) is 37.6 Å². The highest BCUT2D eigenvalue weighted by molar-refractivity contribution is 7.13. The van der Waals surface area contributed by atoms with Crippen LogP contribution in [0.25, 0.3) is 0 Å². The van der Waals surface area contributed by atoms with Gasteiger partial charge in [-0.1, -0.05) is 7.43 Å². The van der Waals surface area contributed by atoms with Crippen LogP contribution in [0.5, 0.6) is 0 Å². The third kappa shape index (κ3) is 5.06. The van der Waals surface area contributed by atoms with Gasteiger partial charge in [0.1, 0.15) is 5.60 Å². The van der Waals surface area contributed by atoms with Crippen molar-refractivity contribution in [3.63, 3.8) is 0 Å². The number of rotatable bonds is 5. The monoisotopic (exact) mass is 497 g/mol. The Balaban J connectivity index is 0.00000274. The van der Waals surface area contributed by atoms with E-state index in [9.17, 15) is 18.0 Å². The fraction of sp³-hybridized carbons (Fsp3) is 0.609. The molecule has 34 heavy (non-hydrogen) atoms. The molecule has 4 heterocycles. The molecule has 2 N–H and O–H groups in total. The molecule has 2 aromatic rings. The number of nitrogens with two attached hydrogens (primary N) is 1. The highest BCUT2D eigenvalue weighted by Crippen LogP contribution is 2.50. The summed E-state index contributed by atoms with van der Waals surface area (Å²) in [6.07, 6.45) is 0.241. The van der Waals surface area contributed by atoms with Crippen LogP contribution in [0.15, 0.2) is 23.7 Å². The number of nitrogens with zero attached hydrogens (tertiary/aromatic N) is 4. The second-order valence-electron chi connectivity index (χ2n) is 9.25. The summed E-state index contributed by atoms with van der Waals surface area (Å²) in [6.45, 7) is 3.24. The number of pyridine rings is 1. The van der Waals surface area contributed by atoms with Crippen molar-refractivity contribution in [1.29, 1.82) is 0 Å². The van der Waals surface area contributed by atoms with E-state index in [-0.39, 0.29) is 19.9 Å². The molecule has 0 aromatic carbocycles. The summed E-state index contributed by atoms with van der Waals surface area (Å²) < 4.78 is 45.0. The Morgan fingerprint density at radius 2 is 1.88 bits per heavy atom. The van der Waals surface area contributed by atoms with Crippen LogP contribution in [0.3, 0.4) is 0 Å². The highest BCUT2D eigenvalue weighted by Gasteiger charge is 2.61. The minimum absolute atomic E-state index is 0. The van der Waals surface area contributed by atoms with Gasteiger partial charge in [0.25, 0.3) is 5.91 Å². The van der Waals surface area contributed by atoms with E-state index in [1.807, 2.05) is 5.38 Å². The Bertz CT molecular complexity index is 1010. The number of likely N-dealkylation sites (tertiary alicyclic amines) is 1. The molecule has 2 saturated heterocycles. The van der Waals surface area contributed by atoms with Crippen molar-refractivity contribution in [2.24, 2.45) is 0 Å². The summed E-state index contributed by atoms with van der Waals surface area (Å²) in [5.74, 6) is -0.0710. The number of carbonyl (C=O) groups is 1. The molecule has 7 nitrogen and oxygen atoms in total. The quantitative estimate of drug-likeness (QED) is 0.678. The van der Waals surface area contributed by atoms with E-state index in [1.165, 1.54) is 17.4 Å². The first-order valence-electron chi connectivity index (χ1n) is 11.1. The predicted octanol–water partition coefficient (Wildman–Crippen LogP) is 3.74. The van der Waals surface area contributed by atoms with Crippen molar-refractivity contribution in [2.75, 3.05) is 31.9 Å². The van der Waals surface area contributed by atoms with Gasteiger partial charge in [-0.15, -0.1) is 11.3 Å². The van der Waals surface area contributed by atoms with Crippen molar-refractivity contribution in [3.8, 4) is 0 Å². The molecule has 0 radical (unpaired) electrons. The summed E-state index contributed by atoms with van der Waals surface area (Å²) in [5.41, 5.74) is 5.19. The molecule has 3 aliphatic rings. The van der Waals surface area contributed by atoms with Crippen molar-refractivity contribution in [1.82, 2.24) is 19.8 Å². The van der Waals surface area contributed by atoms with Gasteiger partial charge in [-0.05, 0) is 37.8 Å². The smallest absolute Gasteiger partial charge is 0.375 e. The van der Waals surface area contributed by atoms with Gasteiger partial charge in [0.05, 0.1) is 35.6 Å². The standard InChI is InChI=1S/C22H26F3N5O2S.CH4/c23-22(24,25)15-1-2-16(27-11-15)12-30-14-20(32-21(4-5-21)18(30)31)6-9-29(10-7-20)8-3-17-13-33-19(26)28-17;/h1-2,11,13H,3-10,12,14H2,(H2,26,28);1H4. The predicted molar refractivity (Wildman–Crippen MR) is 123 cm³/mol. The molecular weight excluding hydrogens is 467 g/mol. The van der Waals surface area contributed by atoms with Crippen molar-refractivity contribution >= 4 is 22.4 Å². The molecule has 5 rings (SSSR count). The van der Waals surface area contributed by atoms with Crippen LogP contribution in [0, 0.1) is 0 Å². The Morgan fingerprint density at radius 3 is 2.44 bits per heavy atom. The molecule has 1 aliphatic carbocycles. The van der Waals surface area contributed by atoms with E-state index in [4.69, 9.17) is 10.5 Å². The zero-order valence-electron chi connectivity index (χ0n) is 18.1. The lowest BCUT2D eigenvalue weighted by atomic mass is 9.87. The summed E-state index contributed by atoms with van der Waals surface area (Å²) in [4.78, 5) is 25.5. The number of piperidine rings is 1. The van der Waals surface area contributed by atoms with Gasteiger partial charge in [-0.25, -0.2) is 4.98 Å². The van der Waals surface area contributed by atoms with E-state index in [0.29, 0.717) is 30.2 Å². The molecule has 2 aromatic heterocycles. The molecule has 1 amide bonds. The van der Waals surface area contributed by atoms with E-state index >= 15 is 0 Å². The molecule has 2 spiro atoms. The lowest BCUT2D eigenvalue weighted by Crippen LogP contribution is -2.62. The lowest BCUT2D eigenvalue weighted by Gasteiger charge is -2.50. The number of aromatic nitrogens is 2. The van der Waals surface area contributed by atoms with Gasteiger partial charge in [0.15, 0.2) is 5.13 Å². The van der Waals surface area contributed by atoms with Crippen molar-refractivity contribution in [3.05, 3.63) is 40.7 Å². The van der Waals surface area contributed by atoms with Crippen molar-refractivity contribution in [2.45, 2.75) is 63.5 Å². The van der Waals surface area contributed by atoms with Crippen LogP contribution in [0.2, 0.25) is 0 Å². The lowest BCUT2D eigenvalue weighted by molar-refractivity contribution is -0.201. The number of anilines is 1. The molecule has 11 heteroatoms. The maximum absolute atomic E-state index is 13.1. The first kappa shape index (κ1) is 24.9. The average Bonchev–Trinajstić information content (AvgIpc) is 3.42. The maximum Gasteiger partial charge on any atom is 0.417 e. The number of thiazole rings is 1. The van der Waals surface area contributed by atoms with Gasteiger partial charge in [-0.3, -0.25) is 9.78 Å². The first-order valence-corrected chi connectivity index (χ1v) is 12.0. The number of halogens is 3. The third-order valence-corrected chi connectivity index (χ3v) is 7.52. The van der Waals surface area contributed by atoms with E-state index < -0.39 is 22.9 Å². The second kappa shape index (κ2) is 9.09. The number of ether oxygens (including phenoxy) is 1. The van der Waals surface area contributed by atoms with Gasteiger partial charge >= 0.3 is 6.18 Å². The maximum atomic E-state index is 13.1. The summed E-state index contributed by atoms with van der Waals surface area (Å²) in [7, 11) is 0. The van der Waals surface area contributed by atoms with E-state index in [2.05, 4.69) is 14.9 Å². The summed E-state index contributed by atoms with van der Waals surface area (Å²) >= 11 is 1.45. The molecule has 3 fully saturated rings. The van der Waals surface area contributed by atoms with Crippen LogP contribution >= 0.6 is 11.3 Å². The number of nitrogen functional groups attached to an aromatic ring is 1. The zero-order valence-corrected chi connectivity index (χ0v) is 18.9. The highest BCUT2D eigenvalue weighted by atomic mass is 32.1. The first-order chi connectivity index (χ1) is 15.7. The zero-order chi connectivity index (χ0) is 23.3. The van der Waals surface area contributed by atoms with Gasteiger partial charge < -0.3 is 20.3 Å². The van der Waals surface area contributed by atoms with Crippen molar-refractivity contribution < 1.29 is 22.7 Å². The number of amides is 1. The molecule has 0 unspecified atom stereocenters. The normalized spacial score (nSPS) is 21.6. The Morgan fingerprint density at radius 1 is 1.15 bits per heavy atom. The van der Waals surface area contributed by atoms with Crippen LogP contribution < -0.4 is 5.73 Å². The Labute approximate surface area is 201 Å². The molecule has 0 bridgehead atoms. The Kier molecular flexibility index (Phi) is 6.65. The van der Waals surface area contributed by atoms with Crippen LogP contribution in [-0.4, -0.2) is 63.1 Å². The van der Waals surface area contributed by atoms with E-state index in [1.54, 1.807) is 4.90 Å². The molecular formula is C23H30F3N5O2S. The number of hydrogen-bond acceptors (Lipinski definition) is 7. The van der Waals surface area contributed by atoms with Gasteiger partial charge in [0.2, 0.25) is 0 Å². The molecule has 2 aliphatic heterocycles. The minimum atomic E-state index is -4.43. The SMILES string of the molecule is C.Nc1nc(CCN2CCC3(CC2)CN(Cc2ccc(C(F)(F)F)cn2)C(=O)C2(CC2)O3)cs1. The molecule has 186 valence electrons. The number of morpholine rings is 1. The van der Waals surface area contributed by atoms with Gasteiger partial charge in [-0.2, -0.15) is 13.2 Å². The minimum Gasteiger partial charge on any atom is -0.375 e. The third-order valence-electron chi connectivity index (χ3n) is 6.80. The summed E-state index contributed by atoms with van der Waals surface area (Å²) in [6, 6.07) is 2.37. The van der Waals surface area contributed by atoms with E-state index in [0.717, 1.165) is 56.9 Å². The number of alkyl halides is 3.